The van der Waals surface area contributed by atoms with Crippen LogP contribution < -0.4 is 11.1 Å². The summed E-state index contributed by atoms with van der Waals surface area (Å²) in [5.74, 6) is 0.0210. The zero-order valence-electron chi connectivity index (χ0n) is 12.0. The fraction of sp³-hybridized carbons (Fsp3) is 0.562. The van der Waals surface area contributed by atoms with E-state index in [1.165, 1.54) is 12.8 Å². The van der Waals surface area contributed by atoms with Crippen molar-refractivity contribution in [1.82, 2.24) is 0 Å². The predicted molar refractivity (Wildman–Crippen MR) is 84.0 cm³/mol. The molecule has 0 unspecified atom stereocenters. The number of benzene rings is 1. The second-order valence-corrected chi connectivity index (χ2v) is 6.24. The van der Waals surface area contributed by atoms with Gasteiger partial charge in [0.05, 0.1) is 16.1 Å². The van der Waals surface area contributed by atoms with Crippen LogP contribution in [0.3, 0.4) is 0 Å². The minimum Gasteiger partial charge on any atom is -0.329 e. The lowest BCUT2D eigenvalue weighted by Gasteiger charge is -2.30. The molecule has 0 bridgehead atoms. The number of hydrogen-bond acceptors (Lipinski definition) is 2. The Hall–Kier alpha value is -1.06. The second-order valence-electron chi connectivity index (χ2n) is 5.84. The number of anilines is 1. The molecule has 0 radical (unpaired) electrons. The molecular formula is C16H23ClN2O. The van der Waals surface area contributed by atoms with Gasteiger partial charge in [-0.25, -0.2) is 0 Å². The van der Waals surface area contributed by atoms with E-state index >= 15 is 0 Å². The maximum absolute atomic E-state index is 12.7. The maximum Gasteiger partial charge on any atom is 0.231 e. The molecule has 1 aliphatic rings. The topological polar surface area (TPSA) is 55.1 Å². The van der Waals surface area contributed by atoms with Gasteiger partial charge in [0, 0.05) is 6.54 Å². The van der Waals surface area contributed by atoms with Gasteiger partial charge in [0.2, 0.25) is 5.91 Å². The molecule has 0 atom stereocenters. The van der Waals surface area contributed by atoms with E-state index in [4.69, 9.17) is 17.3 Å². The van der Waals surface area contributed by atoms with Gasteiger partial charge < -0.3 is 11.1 Å². The van der Waals surface area contributed by atoms with Gasteiger partial charge in [-0.2, -0.15) is 0 Å². The Bertz CT molecular complexity index is 479. The molecule has 0 spiro atoms. The molecule has 0 saturated heterocycles. The number of nitrogens with one attached hydrogen (secondary N) is 1. The van der Waals surface area contributed by atoms with E-state index in [1.54, 1.807) is 0 Å². The van der Waals surface area contributed by atoms with Gasteiger partial charge in [-0.05, 0) is 37.5 Å². The van der Waals surface area contributed by atoms with Crippen LogP contribution in [0.15, 0.2) is 18.2 Å². The molecule has 1 aromatic rings. The Morgan fingerprint density at radius 1 is 1.30 bits per heavy atom. The molecule has 1 aromatic carbocycles. The number of aryl methyl sites for hydroxylation is 1. The number of hydrogen-bond donors (Lipinski definition) is 2. The van der Waals surface area contributed by atoms with Crippen molar-refractivity contribution in [3.63, 3.8) is 0 Å². The molecule has 3 N–H and O–H groups in total. The molecule has 20 heavy (non-hydrogen) atoms. The summed E-state index contributed by atoms with van der Waals surface area (Å²) in [6, 6.07) is 5.67. The summed E-state index contributed by atoms with van der Waals surface area (Å²) in [4.78, 5) is 12.7. The smallest absolute Gasteiger partial charge is 0.231 e. The zero-order valence-corrected chi connectivity index (χ0v) is 12.8. The molecule has 0 aliphatic heterocycles. The highest BCUT2D eigenvalue weighted by Crippen LogP contribution is 2.36. The summed E-state index contributed by atoms with van der Waals surface area (Å²) in [6.45, 7) is 2.38. The fourth-order valence-electron chi connectivity index (χ4n) is 2.91. The summed E-state index contributed by atoms with van der Waals surface area (Å²) in [5, 5.41) is 3.56. The largest absolute Gasteiger partial charge is 0.329 e. The van der Waals surface area contributed by atoms with E-state index in [2.05, 4.69) is 5.32 Å². The fourth-order valence-corrected chi connectivity index (χ4v) is 3.19. The number of halogens is 1. The van der Waals surface area contributed by atoms with Gasteiger partial charge in [-0.1, -0.05) is 43.4 Å². The normalized spacial score (nSPS) is 18.4. The lowest BCUT2D eigenvalue weighted by Crippen LogP contribution is -2.42. The molecule has 1 aliphatic carbocycles. The average molecular weight is 295 g/mol. The van der Waals surface area contributed by atoms with Crippen LogP contribution in [-0.2, 0) is 4.79 Å². The first-order valence-electron chi connectivity index (χ1n) is 7.35. The molecule has 4 heteroatoms. The minimum atomic E-state index is -0.426. The van der Waals surface area contributed by atoms with Crippen molar-refractivity contribution in [2.75, 3.05) is 11.9 Å². The predicted octanol–water partition coefficient (Wildman–Crippen LogP) is 3.89. The second kappa shape index (κ2) is 6.59. The van der Waals surface area contributed by atoms with Gasteiger partial charge in [0.25, 0.3) is 0 Å². The molecule has 0 heterocycles. The van der Waals surface area contributed by atoms with E-state index in [0.717, 1.165) is 31.2 Å². The van der Waals surface area contributed by atoms with E-state index < -0.39 is 5.41 Å². The first-order chi connectivity index (χ1) is 9.57. The third-order valence-electron chi connectivity index (χ3n) is 4.31. The highest BCUT2D eigenvalue weighted by atomic mass is 35.5. The Balaban J connectivity index is 2.16. The van der Waals surface area contributed by atoms with Crippen molar-refractivity contribution in [2.45, 2.75) is 45.4 Å². The highest BCUT2D eigenvalue weighted by molar-refractivity contribution is 6.33. The van der Waals surface area contributed by atoms with Gasteiger partial charge in [0.15, 0.2) is 0 Å². The van der Waals surface area contributed by atoms with Gasteiger partial charge >= 0.3 is 0 Å². The molecule has 2 rings (SSSR count). The summed E-state index contributed by atoms with van der Waals surface area (Å²) in [6.07, 6.45) is 6.29. The quantitative estimate of drug-likeness (QED) is 0.831. The van der Waals surface area contributed by atoms with Crippen molar-refractivity contribution in [3.8, 4) is 0 Å². The van der Waals surface area contributed by atoms with Crippen molar-refractivity contribution in [2.24, 2.45) is 11.1 Å². The zero-order chi connectivity index (χ0) is 14.6. The average Bonchev–Trinajstić information content (AvgIpc) is 2.68. The molecule has 110 valence electrons. The lowest BCUT2D eigenvalue weighted by atomic mass is 9.79. The molecule has 1 amide bonds. The summed E-state index contributed by atoms with van der Waals surface area (Å²) in [5.41, 5.74) is 7.26. The maximum atomic E-state index is 12.7. The van der Waals surface area contributed by atoms with E-state index in [9.17, 15) is 4.79 Å². The van der Waals surface area contributed by atoms with Crippen LogP contribution in [0.5, 0.6) is 0 Å². The SMILES string of the molecule is Cc1ccc(NC(=O)C2(CN)CCCCCC2)c(Cl)c1. The van der Waals surface area contributed by atoms with Crippen LogP contribution in [-0.4, -0.2) is 12.5 Å². The Kier molecular flexibility index (Phi) is 5.06. The minimum absolute atomic E-state index is 0.0210. The summed E-state index contributed by atoms with van der Waals surface area (Å²) >= 11 is 6.19. The standard InChI is InChI=1S/C16H23ClN2O/c1-12-6-7-14(13(17)10-12)19-15(20)16(11-18)8-4-2-3-5-9-16/h6-7,10H,2-5,8-9,11,18H2,1H3,(H,19,20). The molecule has 1 fully saturated rings. The molecule has 3 nitrogen and oxygen atoms in total. The molecular weight excluding hydrogens is 272 g/mol. The Labute approximate surface area is 125 Å². The third kappa shape index (κ3) is 3.33. The van der Waals surface area contributed by atoms with Gasteiger partial charge in [0.1, 0.15) is 0 Å². The first-order valence-corrected chi connectivity index (χ1v) is 7.73. The number of amides is 1. The van der Waals surface area contributed by atoms with Crippen molar-refractivity contribution >= 4 is 23.2 Å². The lowest BCUT2D eigenvalue weighted by molar-refractivity contribution is -0.125. The molecule has 1 saturated carbocycles. The van der Waals surface area contributed by atoms with E-state index in [1.807, 2.05) is 25.1 Å². The Morgan fingerprint density at radius 2 is 1.95 bits per heavy atom. The van der Waals surface area contributed by atoms with Crippen LogP contribution in [0.2, 0.25) is 5.02 Å². The van der Waals surface area contributed by atoms with Crippen LogP contribution in [0.1, 0.15) is 44.1 Å². The number of nitrogens with two attached hydrogens (primary N) is 1. The van der Waals surface area contributed by atoms with E-state index in [0.29, 0.717) is 17.3 Å². The van der Waals surface area contributed by atoms with Gasteiger partial charge in [-0.3, -0.25) is 4.79 Å². The number of carbonyl (C=O) groups is 1. The first kappa shape index (κ1) is 15.3. The van der Waals surface area contributed by atoms with E-state index in [-0.39, 0.29) is 5.91 Å². The van der Waals surface area contributed by atoms with Crippen LogP contribution in [0.25, 0.3) is 0 Å². The number of rotatable bonds is 3. The number of carbonyl (C=O) groups excluding carboxylic acids is 1. The monoisotopic (exact) mass is 294 g/mol. The highest BCUT2D eigenvalue weighted by Gasteiger charge is 2.37. The Morgan fingerprint density at radius 3 is 2.50 bits per heavy atom. The molecule has 0 aromatic heterocycles. The van der Waals surface area contributed by atoms with Crippen LogP contribution in [0, 0.1) is 12.3 Å². The van der Waals surface area contributed by atoms with Crippen LogP contribution in [0.4, 0.5) is 5.69 Å². The van der Waals surface area contributed by atoms with Crippen LogP contribution >= 0.6 is 11.6 Å². The third-order valence-corrected chi connectivity index (χ3v) is 4.62. The van der Waals surface area contributed by atoms with Crippen molar-refractivity contribution < 1.29 is 4.79 Å². The van der Waals surface area contributed by atoms with Crippen molar-refractivity contribution in [1.29, 1.82) is 0 Å². The van der Waals surface area contributed by atoms with Crippen molar-refractivity contribution in [3.05, 3.63) is 28.8 Å². The summed E-state index contributed by atoms with van der Waals surface area (Å²) < 4.78 is 0. The van der Waals surface area contributed by atoms with Gasteiger partial charge in [-0.15, -0.1) is 0 Å². The summed E-state index contributed by atoms with van der Waals surface area (Å²) in [7, 11) is 0.